The average molecular weight is 284 g/mol. The van der Waals surface area contributed by atoms with E-state index in [2.05, 4.69) is 4.72 Å². The molecule has 90 valence electrons. The topological polar surface area (TPSA) is 66.4 Å². The van der Waals surface area contributed by atoms with E-state index in [9.17, 15) is 13.5 Å². The second-order valence-corrected chi connectivity index (χ2v) is 5.92. The highest BCUT2D eigenvalue weighted by molar-refractivity contribution is 7.88. The van der Waals surface area contributed by atoms with Crippen LogP contribution >= 0.6 is 23.2 Å². The van der Waals surface area contributed by atoms with Crippen molar-refractivity contribution in [2.24, 2.45) is 0 Å². The molecule has 0 aromatic heterocycles. The molecule has 0 aliphatic heterocycles. The van der Waals surface area contributed by atoms with Gasteiger partial charge in [-0.05, 0) is 12.1 Å². The third-order valence-electron chi connectivity index (χ3n) is 1.87. The molecule has 0 bridgehead atoms. The number of sulfonamides is 1. The molecule has 0 saturated carbocycles. The van der Waals surface area contributed by atoms with Crippen LogP contribution in [0.3, 0.4) is 0 Å². The van der Waals surface area contributed by atoms with Crippen molar-refractivity contribution in [2.75, 3.05) is 12.8 Å². The lowest BCUT2D eigenvalue weighted by Crippen LogP contribution is -2.27. The zero-order valence-electron chi connectivity index (χ0n) is 8.44. The fourth-order valence-electron chi connectivity index (χ4n) is 1.16. The van der Waals surface area contributed by atoms with E-state index in [1.54, 1.807) is 18.2 Å². The summed E-state index contributed by atoms with van der Waals surface area (Å²) in [6, 6.07) is 4.80. The van der Waals surface area contributed by atoms with Crippen molar-refractivity contribution < 1.29 is 13.5 Å². The third-order valence-corrected chi connectivity index (χ3v) is 3.22. The maximum absolute atomic E-state index is 10.8. The van der Waals surface area contributed by atoms with Gasteiger partial charge in [0.1, 0.15) is 0 Å². The number of nitrogens with one attached hydrogen (secondary N) is 1. The van der Waals surface area contributed by atoms with Gasteiger partial charge in [-0.1, -0.05) is 29.3 Å². The predicted octanol–water partition coefficient (Wildman–Crippen LogP) is 1.58. The fraction of sp³-hybridized carbons (Fsp3) is 0.333. The van der Waals surface area contributed by atoms with Gasteiger partial charge in [-0.25, -0.2) is 13.1 Å². The minimum atomic E-state index is -3.35. The van der Waals surface area contributed by atoms with Crippen LogP contribution in [0, 0.1) is 0 Å². The first-order valence-electron chi connectivity index (χ1n) is 4.38. The molecule has 0 aliphatic rings. The molecule has 7 heteroatoms. The normalized spacial score (nSPS) is 13.8. The Morgan fingerprint density at radius 3 is 2.31 bits per heavy atom. The van der Waals surface area contributed by atoms with E-state index in [-0.39, 0.29) is 6.54 Å². The Morgan fingerprint density at radius 2 is 1.88 bits per heavy atom. The summed E-state index contributed by atoms with van der Waals surface area (Å²) in [6.45, 7) is -0.164. The van der Waals surface area contributed by atoms with Crippen LogP contribution in [0.1, 0.15) is 11.7 Å². The molecule has 1 rings (SSSR count). The van der Waals surface area contributed by atoms with Crippen molar-refractivity contribution in [3.8, 4) is 0 Å². The lowest BCUT2D eigenvalue weighted by Gasteiger charge is -2.14. The summed E-state index contributed by atoms with van der Waals surface area (Å²) in [5.41, 5.74) is 0.321. The molecule has 0 saturated heterocycles. The molecule has 0 heterocycles. The first kappa shape index (κ1) is 13.7. The minimum Gasteiger partial charge on any atom is -0.387 e. The van der Waals surface area contributed by atoms with Crippen LogP contribution in [0.25, 0.3) is 0 Å². The molecule has 4 nitrogen and oxygen atoms in total. The SMILES string of the molecule is CS(=O)(=O)NCC(O)c1c(Cl)cccc1Cl. The Bertz CT molecular complexity index is 455. The van der Waals surface area contributed by atoms with E-state index in [1.165, 1.54) is 0 Å². The number of hydrogen-bond acceptors (Lipinski definition) is 3. The number of halogens is 2. The monoisotopic (exact) mass is 283 g/mol. The molecule has 1 aromatic rings. The highest BCUT2D eigenvalue weighted by atomic mass is 35.5. The second-order valence-electron chi connectivity index (χ2n) is 3.27. The minimum absolute atomic E-state index is 0.164. The lowest BCUT2D eigenvalue weighted by atomic mass is 10.1. The van der Waals surface area contributed by atoms with E-state index in [4.69, 9.17) is 23.2 Å². The second kappa shape index (κ2) is 5.33. The van der Waals surface area contributed by atoms with Gasteiger partial charge < -0.3 is 5.11 Å². The molecular formula is C9H11Cl2NO3S. The summed E-state index contributed by atoms with van der Waals surface area (Å²) < 4.78 is 23.9. The van der Waals surface area contributed by atoms with Crippen LogP contribution in [-0.2, 0) is 10.0 Å². The van der Waals surface area contributed by atoms with Gasteiger partial charge in [-0.3, -0.25) is 0 Å². The van der Waals surface area contributed by atoms with E-state index in [0.717, 1.165) is 6.26 Å². The molecule has 0 amide bonds. The fourth-order valence-corrected chi connectivity index (χ4v) is 2.27. The van der Waals surface area contributed by atoms with Gasteiger partial charge in [0, 0.05) is 22.2 Å². The number of benzene rings is 1. The van der Waals surface area contributed by atoms with Crippen LogP contribution in [-0.4, -0.2) is 26.3 Å². The summed E-state index contributed by atoms with van der Waals surface area (Å²) in [5.74, 6) is 0. The van der Waals surface area contributed by atoms with Crippen molar-refractivity contribution in [3.63, 3.8) is 0 Å². The summed E-state index contributed by atoms with van der Waals surface area (Å²) in [7, 11) is -3.35. The van der Waals surface area contributed by atoms with Gasteiger partial charge in [0.25, 0.3) is 0 Å². The molecule has 1 unspecified atom stereocenters. The molecule has 16 heavy (non-hydrogen) atoms. The Kier molecular flexibility index (Phi) is 4.58. The lowest BCUT2D eigenvalue weighted by molar-refractivity contribution is 0.182. The van der Waals surface area contributed by atoms with Gasteiger partial charge in [0.05, 0.1) is 12.4 Å². The molecular weight excluding hydrogens is 273 g/mol. The molecule has 2 N–H and O–H groups in total. The van der Waals surface area contributed by atoms with E-state index < -0.39 is 16.1 Å². The molecule has 1 aromatic carbocycles. The van der Waals surface area contributed by atoms with Crippen LogP contribution in [0.2, 0.25) is 10.0 Å². The average Bonchev–Trinajstić information content (AvgIpc) is 2.13. The molecule has 0 aliphatic carbocycles. The van der Waals surface area contributed by atoms with Gasteiger partial charge in [0.2, 0.25) is 10.0 Å². The van der Waals surface area contributed by atoms with Gasteiger partial charge >= 0.3 is 0 Å². The van der Waals surface area contributed by atoms with Crippen LogP contribution < -0.4 is 4.72 Å². The predicted molar refractivity (Wildman–Crippen MR) is 64.3 cm³/mol. The Balaban J connectivity index is 2.85. The Morgan fingerprint density at radius 1 is 1.38 bits per heavy atom. The highest BCUT2D eigenvalue weighted by Gasteiger charge is 2.16. The van der Waals surface area contributed by atoms with Crippen LogP contribution in [0.4, 0.5) is 0 Å². The van der Waals surface area contributed by atoms with Crippen molar-refractivity contribution in [1.82, 2.24) is 4.72 Å². The van der Waals surface area contributed by atoms with Gasteiger partial charge in [0.15, 0.2) is 0 Å². The summed E-state index contributed by atoms with van der Waals surface area (Å²) in [5, 5.41) is 10.4. The number of aliphatic hydroxyl groups is 1. The third kappa shape index (κ3) is 3.92. The summed E-state index contributed by atoms with van der Waals surface area (Å²) in [4.78, 5) is 0. The van der Waals surface area contributed by atoms with E-state index in [1.807, 2.05) is 0 Å². The highest BCUT2D eigenvalue weighted by Crippen LogP contribution is 2.29. The number of hydrogen-bond donors (Lipinski definition) is 2. The van der Waals surface area contributed by atoms with Crippen molar-refractivity contribution in [2.45, 2.75) is 6.10 Å². The van der Waals surface area contributed by atoms with Gasteiger partial charge in [-0.2, -0.15) is 0 Å². The first-order chi connectivity index (χ1) is 7.31. The number of rotatable bonds is 4. The molecule has 0 fully saturated rings. The van der Waals surface area contributed by atoms with E-state index in [0.29, 0.717) is 15.6 Å². The summed E-state index contributed by atoms with van der Waals surface area (Å²) >= 11 is 11.7. The molecule has 0 radical (unpaired) electrons. The smallest absolute Gasteiger partial charge is 0.208 e. The number of aliphatic hydroxyl groups excluding tert-OH is 1. The first-order valence-corrected chi connectivity index (χ1v) is 7.02. The zero-order chi connectivity index (χ0) is 12.3. The van der Waals surface area contributed by atoms with Gasteiger partial charge in [-0.15, -0.1) is 0 Å². The maximum Gasteiger partial charge on any atom is 0.208 e. The Hall–Kier alpha value is -0.330. The zero-order valence-corrected chi connectivity index (χ0v) is 10.8. The standard InChI is InChI=1S/C9H11Cl2NO3S/c1-16(14,15)12-5-8(13)9-6(10)3-2-4-7(9)11/h2-4,8,12-13H,5H2,1H3. The largest absolute Gasteiger partial charge is 0.387 e. The molecule has 1 atom stereocenters. The van der Waals surface area contributed by atoms with Crippen molar-refractivity contribution >= 4 is 33.2 Å². The Labute approximate surface area is 104 Å². The van der Waals surface area contributed by atoms with Crippen LogP contribution in [0.15, 0.2) is 18.2 Å². The maximum atomic E-state index is 10.8. The summed E-state index contributed by atoms with van der Waals surface area (Å²) in [6.07, 6.45) is -0.0654. The van der Waals surface area contributed by atoms with Crippen molar-refractivity contribution in [3.05, 3.63) is 33.8 Å². The quantitative estimate of drug-likeness (QED) is 0.882. The molecule has 0 spiro atoms. The van der Waals surface area contributed by atoms with Crippen LogP contribution in [0.5, 0.6) is 0 Å². The van der Waals surface area contributed by atoms with E-state index >= 15 is 0 Å². The van der Waals surface area contributed by atoms with Crippen molar-refractivity contribution in [1.29, 1.82) is 0 Å².